The van der Waals surface area contributed by atoms with Gasteiger partial charge in [-0.05, 0) is 31.5 Å². The van der Waals surface area contributed by atoms with Gasteiger partial charge >= 0.3 is 0 Å². The maximum absolute atomic E-state index is 11.3. The minimum Gasteiger partial charge on any atom is -0.325 e. The smallest absolute Gasteiger partial charge is 0.231 e. The van der Waals surface area contributed by atoms with Crippen LogP contribution in [0, 0.1) is 6.92 Å². The van der Waals surface area contributed by atoms with Gasteiger partial charge in [0, 0.05) is 10.7 Å². The van der Waals surface area contributed by atoms with Gasteiger partial charge in [0.15, 0.2) is 0 Å². The van der Waals surface area contributed by atoms with Crippen LogP contribution in [0.15, 0.2) is 18.2 Å². The summed E-state index contributed by atoms with van der Waals surface area (Å²) in [5, 5.41) is 3.19. The molecule has 1 rings (SSSR count). The Kier molecular flexibility index (Phi) is 3.86. The molecule has 80 valence electrons. The Balaban J connectivity index is 2.76. The van der Waals surface area contributed by atoms with Crippen molar-refractivity contribution in [2.24, 2.45) is 0 Å². The fraction of sp³-hybridized carbons (Fsp3) is 0.273. The van der Waals surface area contributed by atoms with Gasteiger partial charge < -0.3 is 5.32 Å². The van der Waals surface area contributed by atoms with Gasteiger partial charge in [-0.1, -0.05) is 17.7 Å². The van der Waals surface area contributed by atoms with Gasteiger partial charge in [0.2, 0.25) is 5.91 Å². The Bertz CT molecular complexity index is 402. The van der Waals surface area contributed by atoms with Crippen molar-refractivity contribution in [1.29, 1.82) is 0 Å². The number of amides is 1. The van der Waals surface area contributed by atoms with E-state index < -0.39 is 0 Å². The van der Waals surface area contributed by atoms with E-state index in [1.165, 1.54) is 6.92 Å². The van der Waals surface area contributed by atoms with E-state index in [9.17, 15) is 9.59 Å². The summed E-state index contributed by atoms with van der Waals surface area (Å²) in [5.41, 5.74) is 1.56. The van der Waals surface area contributed by atoms with Crippen LogP contribution in [-0.2, 0) is 9.59 Å². The van der Waals surface area contributed by atoms with Crippen molar-refractivity contribution in [3.8, 4) is 0 Å². The molecule has 1 amide bonds. The quantitative estimate of drug-likeness (QED) is 0.804. The summed E-state index contributed by atoms with van der Waals surface area (Å²) in [6, 6.07) is 5.22. The number of hydrogen-bond donors (Lipinski definition) is 1. The van der Waals surface area contributed by atoms with E-state index in [4.69, 9.17) is 11.6 Å². The average Bonchev–Trinajstić information content (AvgIpc) is 2.10. The molecule has 0 radical (unpaired) electrons. The van der Waals surface area contributed by atoms with Crippen LogP contribution in [0.2, 0.25) is 5.02 Å². The first kappa shape index (κ1) is 11.7. The van der Waals surface area contributed by atoms with Gasteiger partial charge in [-0.3, -0.25) is 9.59 Å². The van der Waals surface area contributed by atoms with Crippen LogP contribution in [0.5, 0.6) is 0 Å². The SMILES string of the molecule is CC(=O)CC(=O)Nc1cc(Cl)ccc1C. The largest absolute Gasteiger partial charge is 0.325 e. The van der Waals surface area contributed by atoms with Crippen molar-refractivity contribution in [3.05, 3.63) is 28.8 Å². The number of ketones is 1. The number of nitrogens with one attached hydrogen (secondary N) is 1. The molecule has 3 nitrogen and oxygen atoms in total. The zero-order valence-electron chi connectivity index (χ0n) is 8.63. The predicted molar refractivity (Wildman–Crippen MR) is 60.1 cm³/mol. The standard InChI is InChI=1S/C11H12ClNO2/c1-7-3-4-9(12)6-10(7)13-11(15)5-8(2)14/h3-4,6H,5H2,1-2H3,(H,13,15). The summed E-state index contributed by atoms with van der Waals surface area (Å²) < 4.78 is 0. The third kappa shape index (κ3) is 3.72. The van der Waals surface area contributed by atoms with Crippen molar-refractivity contribution in [1.82, 2.24) is 0 Å². The number of carbonyl (C=O) groups excluding carboxylic acids is 2. The summed E-state index contributed by atoms with van der Waals surface area (Å²) in [4.78, 5) is 22.0. The lowest BCUT2D eigenvalue weighted by molar-refractivity contribution is -0.124. The minimum atomic E-state index is -0.312. The number of rotatable bonds is 3. The molecule has 0 aromatic heterocycles. The molecule has 1 N–H and O–H groups in total. The highest BCUT2D eigenvalue weighted by atomic mass is 35.5. The second kappa shape index (κ2) is 4.94. The molecule has 0 atom stereocenters. The molecule has 0 saturated heterocycles. The van der Waals surface area contributed by atoms with Crippen LogP contribution in [0.25, 0.3) is 0 Å². The van der Waals surface area contributed by atoms with E-state index in [1.807, 2.05) is 13.0 Å². The zero-order chi connectivity index (χ0) is 11.4. The summed E-state index contributed by atoms with van der Waals surface area (Å²) in [6.07, 6.45) is -0.105. The lowest BCUT2D eigenvalue weighted by Gasteiger charge is -2.07. The lowest BCUT2D eigenvalue weighted by atomic mass is 10.2. The van der Waals surface area contributed by atoms with E-state index in [1.54, 1.807) is 12.1 Å². The maximum atomic E-state index is 11.3. The van der Waals surface area contributed by atoms with E-state index in [-0.39, 0.29) is 18.1 Å². The van der Waals surface area contributed by atoms with Crippen molar-refractivity contribution in [2.75, 3.05) is 5.32 Å². The number of carbonyl (C=O) groups is 2. The Labute approximate surface area is 93.4 Å². The highest BCUT2D eigenvalue weighted by molar-refractivity contribution is 6.31. The molecular weight excluding hydrogens is 214 g/mol. The number of anilines is 1. The highest BCUT2D eigenvalue weighted by Gasteiger charge is 2.07. The minimum absolute atomic E-state index is 0.105. The number of halogens is 1. The van der Waals surface area contributed by atoms with Gasteiger partial charge in [-0.25, -0.2) is 0 Å². The van der Waals surface area contributed by atoms with Gasteiger partial charge in [-0.15, -0.1) is 0 Å². The van der Waals surface area contributed by atoms with Gasteiger partial charge in [-0.2, -0.15) is 0 Å². The van der Waals surface area contributed by atoms with Crippen LogP contribution < -0.4 is 5.32 Å². The van der Waals surface area contributed by atoms with Crippen LogP contribution in [0.4, 0.5) is 5.69 Å². The van der Waals surface area contributed by atoms with Crippen molar-refractivity contribution in [3.63, 3.8) is 0 Å². The fourth-order valence-electron chi connectivity index (χ4n) is 1.15. The molecular formula is C11H12ClNO2. The average molecular weight is 226 g/mol. The number of Topliss-reactive ketones (excluding diaryl/α,β-unsaturated/α-hetero) is 1. The monoisotopic (exact) mass is 225 g/mol. The Morgan fingerprint density at radius 1 is 1.40 bits per heavy atom. The molecule has 15 heavy (non-hydrogen) atoms. The van der Waals surface area contributed by atoms with E-state index >= 15 is 0 Å². The van der Waals surface area contributed by atoms with Gasteiger partial charge in [0.1, 0.15) is 5.78 Å². The maximum Gasteiger partial charge on any atom is 0.231 e. The lowest BCUT2D eigenvalue weighted by Crippen LogP contribution is -2.15. The Morgan fingerprint density at radius 3 is 2.67 bits per heavy atom. The van der Waals surface area contributed by atoms with Crippen LogP contribution in [0.1, 0.15) is 18.9 Å². The number of benzene rings is 1. The number of hydrogen-bond acceptors (Lipinski definition) is 2. The molecule has 1 aromatic carbocycles. The molecule has 0 bridgehead atoms. The second-order valence-electron chi connectivity index (χ2n) is 3.39. The first-order chi connectivity index (χ1) is 6.99. The summed E-state index contributed by atoms with van der Waals surface area (Å²) in [6.45, 7) is 3.24. The normalized spacial score (nSPS) is 9.80. The molecule has 0 aliphatic rings. The fourth-order valence-corrected chi connectivity index (χ4v) is 1.32. The van der Waals surface area contributed by atoms with E-state index in [0.29, 0.717) is 10.7 Å². The molecule has 4 heteroatoms. The first-order valence-corrected chi connectivity index (χ1v) is 4.92. The van der Waals surface area contributed by atoms with Crippen molar-refractivity contribution < 1.29 is 9.59 Å². The summed E-state index contributed by atoms with van der Waals surface area (Å²) >= 11 is 5.79. The summed E-state index contributed by atoms with van der Waals surface area (Å²) in [5.74, 6) is -0.472. The van der Waals surface area contributed by atoms with E-state index in [0.717, 1.165) is 5.56 Å². The van der Waals surface area contributed by atoms with Crippen LogP contribution in [-0.4, -0.2) is 11.7 Å². The zero-order valence-corrected chi connectivity index (χ0v) is 9.39. The molecule has 0 fully saturated rings. The van der Waals surface area contributed by atoms with Crippen LogP contribution >= 0.6 is 11.6 Å². The van der Waals surface area contributed by atoms with Gasteiger partial charge in [0.25, 0.3) is 0 Å². The molecule has 0 heterocycles. The van der Waals surface area contributed by atoms with Crippen molar-refractivity contribution >= 4 is 29.0 Å². The topological polar surface area (TPSA) is 46.2 Å². The number of aryl methyl sites for hydroxylation is 1. The third-order valence-corrected chi connectivity index (χ3v) is 2.12. The van der Waals surface area contributed by atoms with Gasteiger partial charge in [0.05, 0.1) is 6.42 Å². The summed E-state index contributed by atoms with van der Waals surface area (Å²) in [7, 11) is 0. The van der Waals surface area contributed by atoms with Crippen molar-refractivity contribution in [2.45, 2.75) is 20.3 Å². The molecule has 0 unspecified atom stereocenters. The molecule has 1 aromatic rings. The third-order valence-electron chi connectivity index (χ3n) is 1.88. The second-order valence-corrected chi connectivity index (χ2v) is 3.82. The molecule has 0 saturated carbocycles. The molecule has 0 spiro atoms. The Morgan fingerprint density at radius 2 is 2.07 bits per heavy atom. The van der Waals surface area contributed by atoms with Crippen LogP contribution in [0.3, 0.4) is 0 Å². The first-order valence-electron chi connectivity index (χ1n) is 4.54. The highest BCUT2D eigenvalue weighted by Crippen LogP contribution is 2.20. The molecule has 0 aliphatic heterocycles. The molecule has 0 aliphatic carbocycles. The van der Waals surface area contributed by atoms with E-state index in [2.05, 4.69) is 5.32 Å². The Hall–Kier alpha value is -1.35. The predicted octanol–water partition coefficient (Wildman–Crippen LogP) is 2.57.